The van der Waals surface area contributed by atoms with Gasteiger partial charge in [0.05, 0.1) is 28.2 Å². The third-order valence-corrected chi connectivity index (χ3v) is 5.93. The zero-order chi connectivity index (χ0) is 20.2. The Kier molecular flexibility index (Phi) is 6.23. The molecule has 0 spiro atoms. The van der Waals surface area contributed by atoms with Crippen LogP contribution in [0, 0.1) is 0 Å². The number of ether oxygens (including phenoxy) is 1. The molecule has 1 heterocycles. The molecule has 0 saturated heterocycles. The maximum absolute atomic E-state index is 13.2. The minimum absolute atomic E-state index is 0.140. The molecule has 0 radical (unpaired) electrons. The standard InChI is InChI=1S/C22H16BrClN2O2S/c23-15-6-5-7-16(14-15)28-12-13-29-22-25-19-10-3-1-8-17(19)21(27)26(22)20-11-4-2-9-18(20)24/h1-11,14H,12-13H2. The van der Waals surface area contributed by atoms with Gasteiger partial charge in [-0.1, -0.05) is 69.6 Å². The summed E-state index contributed by atoms with van der Waals surface area (Å²) in [6.07, 6.45) is 0. The quantitative estimate of drug-likeness (QED) is 0.191. The highest BCUT2D eigenvalue weighted by molar-refractivity contribution is 9.10. The van der Waals surface area contributed by atoms with Crippen molar-refractivity contribution >= 4 is 50.2 Å². The molecule has 29 heavy (non-hydrogen) atoms. The summed E-state index contributed by atoms with van der Waals surface area (Å²) in [7, 11) is 0. The number of para-hydroxylation sites is 2. The lowest BCUT2D eigenvalue weighted by molar-refractivity contribution is 0.343. The Labute approximate surface area is 185 Å². The number of hydrogen-bond acceptors (Lipinski definition) is 4. The predicted molar refractivity (Wildman–Crippen MR) is 123 cm³/mol. The van der Waals surface area contributed by atoms with E-state index in [0.717, 1.165) is 10.2 Å². The van der Waals surface area contributed by atoms with E-state index in [9.17, 15) is 4.79 Å². The first kappa shape index (κ1) is 20.0. The van der Waals surface area contributed by atoms with Crippen LogP contribution in [0.4, 0.5) is 0 Å². The van der Waals surface area contributed by atoms with Gasteiger partial charge in [0.25, 0.3) is 5.56 Å². The fourth-order valence-corrected chi connectivity index (χ4v) is 4.32. The van der Waals surface area contributed by atoms with Crippen LogP contribution in [0.25, 0.3) is 16.6 Å². The van der Waals surface area contributed by atoms with Crippen molar-refractivity contribution in [2.45, 2.75) is 5.16 Å². The van der Waals surface area contributed by atoms with Crippen LogP contribution in [-0.2, 0) is 0 Å². The molecule has 0 bridgehead atoms. The minimum atomic E-state index is -0.140. The molecular formula is C22H16BrClN2O2S. The average molecular weight is 488 g/mol. The van der Waals surface area contributed by atoms with Gasteiger partial charge in [-0.3, -0.25) is 9.36 Å². The van der Waals surface area contributed by atoms with Gasteiger partial charge in [0.15, 0.2) is 5.16 Å². The summed E-state index contributed by atoms with van der Waals surface area (Å²) in [5.74, 6) is 1.41. The largest absolute Gasteiger partial charge is 0.493 e. The van der Waals surface area contributed by atoms with Crippen molar-refractivity contribution in [1.82, 2.24) is 9.55 Å². The lowest BCUT2D eigenvalue weighted by Crippen LogP contribution is -2.22. The Bertz CT molecular complexity index is 1230. The molecule has 0 N–H and O–H groups in total. The molecule has 4 rings (SSSR count). The molecule has 7 heteroatoms. The number of nitrogens with zero attached hydrogens (tertiary/aromatic N) is 2. The van der Waals surface area contributed by atoms with E-state index in [1.54, 1.807) is 16.7 Å². The SMILES string of the molecule is O=c1c2ccccc2nc(SCCOc2cccc(Br)c2)n1-c1ccccc1Cl. The lowest BCUT2D eigenvalue weighted by Gasteiger charge is -2.14. The third kappa shape index (κ3) is 4.50. The highest BCUT2D eigenvalue weighted by Gasteiger charge is 2.15. The number of benzene rings is 3. The molecule has 0 aliphatic carbocycles. The Balaban J connectivity index is 1.65. The molecule has 0 unspecified atom stereocenters. The van der Waals surface area contributed by atoms with Crippen molar-refractivity contribution in [2.75, 3.05) is 12.4 Å². The molecule has 146 valence electrons. The molecule has 3 aromatic carbocycles. The molecule has 0 amide bonds. The first-order valence-electron chi connectivity index (χ1n) is 8.91. The fraction of sp³-hybridized carbons (Fsp3) is 0.0909. The molecule has 0 aliphatic heterocycles. The summed E-state index contributed by atoms with van der Waals surface area (Å²) < 4.78 is 8.35. The maximum Gasteiger partial charge on any atom is 0.266 e. The molecule has 4 nitrogen and oxygen atoms in total. The predicted octanol–water partition coefficient (Wildman–Crippen LogP) is 5.97. The lowest BCUT2D eigenvalue weighted by atomic mass is 10.2. The van der Waals surface area contributed by atoms with E-state index in [-0.39, 0.29) is 5.56 Å². The second-order valence-electron chi connectivity index (χ2n) is 6.16. The van der Waals surface area contributed by atoms with Crippen molar-refractivity contribution in [1.29, 1.82) is 0 Å². The van der Waals surface area contributed by atoms with Gasteiger partial charge >= 0.3 is 0 Å². The van der Waals surface area contributed by atoms with Crippen LogP contribution < -0.4 is 10.3 Å². The Morgan fingerprint density at radius 3 is 2.66 bits per heavy atom. The van der Waals surface area contributed by atoms with Crippen molar-refractivity contribution in [3.8, 4) is 11.4 Å². The van der Waals surface area contributed by atoms with Crippen molar-refractivity contribution in [3.63, 3.8) is 0 Å². The van der Waals surface area contributed by atoms with Crippen LogP contribution in [0.1, 0.15) is 0 Å². The fourth-order valence-electron chi connectivity index (χ4n) is 2.90. The van der Waals surface area contributed by atoms with Crippen LogP contribution in [0.5, 0.6) is 5.75 Å². The summed E-state index contributed by atoms with van der Waals surface area (Å²) in [6, 6.07) is 22.3. The van der Waals surface area contributed by atoms with E-state index in [1.807, 2.05) is 60.7 Å². The zero-order valence-corrected chi connectivity index (χ0v) is 18.4. The van der Waals surface area contributed by atoms with Crippen LogP contribution in [0.2, 0.25) is 5.02 Å². The van der Waals surface area contributed by atoms with E-state index in [4.69, 9.17) is 21.3 Å². The smallest absolute Gasteiger partial charge is 0.266 e. The monoisotopic (exact) mass is 486 g/mol. The number of hydrogen-bond donors (Lipinski definition) is 0. The summed E-state index contributed by atoms with van der Waals surface area (Å²) in [6.45, 7) is 0.479. The topological polar surface area (TPSA) is 44.1 Å². The normalized spacial score (nSPS) is 11.0. The Morgan fingerprint density at radius 2 is 1.83 bits per heavy atom. The number of thioether (sulfide) groups is 1. The average Bonchev–Trinajstić information content (AvgIpc) is 2.72. The van der Waals surface area contributed by atoms with Crippen LogP contribution >= 0.6 is 39.3 Å². The van der Waals surface area contributed by atoms with E-state index in [0.29, 0.717) is 39.1 Å². The maximum atomic E-state index is 13.2. The van der Waals surface area contributed by atoms with E-state index in [1.165, 1.54) is 11.8 Å². The molecule has 4 aromatic rings. The minimum Gasteiger partial charge on any atom is -0.493 e. The molecule has 0 saturated carbocycles. The number of aromatic nitrogens is 2. The van der Waals surface area contributed by atoms with Gasteiger partial charge in [0.2, 0.25) is 0 Å². The Morgan fingerprint density at radius 1 is 1.03 bits per heavy atom. The van der Waals surface area contributed by atoms with Gasteiger partial charge in [0, 0.05) is 10.2 Å². The molecule has 0 aliphatic rings. The summed E-state index contributed by atoms with van der Waals surface area (Å²) in [4.78, 5) is 17.9. The molecule has 0 fully saturated rings. The second kappa shape index (κ2) is 9.03. The van der Waals surface area contributed by atoms with Gasteiger partial charge in [-0.25, -0.2) is 4.98 Å². The van der Waals surface area contributed by atoms with Crippen molar-refractivity contribution in [2.24, 2.45) is 0 Å². The van der Waals surface area contributed by atoms with Crippen molar-refractivity contribution in [3.05, 3.63) is 92.6 Å². The van der Waals surface area contributed by atoms with Crippen LogP contribution in [0.15, 0.2) is 87.2 Å². The van der Waals surface area contributed by atoms with E-state index < -0.39 is 0 Å². The second-order valence-corrected chi connectivity index (χ2v) is 8.54. The first-order valence-corrected chi connectivity index (χ1v) is 11.1. The molecular weight excluding hydrogens is 472 g/mol. The van der Waals surface area contributed by atoms with Crippen LogP contribution in [0.3, 0.4) is 0 Å². The van der Waals surface area contributed by atoms with Gasteiger partial charge in [-0.2, -0.15) is 0 Å². The highest BCUT2D eigenvalue weighted by Crippen LogP contribution is 2.26. The summed E-state index contributed by atoms with van der Waals surface area (Å²) in [5.41, 5.74) is 1.14. The van der Waals surface area contributed by atoms with Gasteiger partial charge in [0.1, 0.15) is 5.75 Å². The van der Waals surface area contributed by atoms with Gasteiger partial charge < -0.3 is 4.74 Å². The van der Waals surface area contributed by atoms with Crippen LogP contribution in [-0.4, -0.2) is 21.9 Å². The zero-order valence-electron chi connectivity index (χ0n) is 15.2. The highest BCUT2D eigenvalue weighted by atomic mass is 79.9. The van der Waals surface area contributed by atoms with Crippen molar-refractivity contribution < 1.29 is 4.74 Å². The van der Waals surface area contributed by atoms with E-state index >= 15 is 0 Å². The number of fused-ring (bicyclic) bond motifs is 1. The summed E-state index contributed by atoms with van der Waals surface area (Å²) >= 11 is 11.3. The Hall–Kier alpha value is -2.28. The van der Waals surface area contributed by atoms with E-state index in [2.05, 4.69) is 15.9 Å². The van der Waals surface area contributed by atoms with Gasteiger partial charge in [-0.05, 0) is 42.5 Å². The van der Waals surface area contributed by atoms with Gasteiger partial charge in [-0.15, -0.1) is 0 Å². The number of halogens is 2. The number of rotatable bonds is 6. The first-order chi connectivity index (χ1) is 14.1. The third-order valence-electron chi connectivity index (χ3n) is 4.22. The molecule has 1 aromatic heterocycles. The summed E-state index contributed by atoms with van der Waals surface area (Å²) in [5, 5.41) is 1.64. The molecule has 0 atom stereocenters.